The number of carbonyl (C=O) groups excluding carboxylic acids is 1. The molecule has 0 aliphatic carbocycles. The Morgan fingerprint density at radius 3 is 2.33 bits per heavy atom. The normalized spacial score (nSPS) is 10.7. The molecule has 0 fully saturated rings. The molecule has 1 N–H and O–H groups in total. The quantitative estimate of drug-likeness (QED) is 0.397. The van der Waals surface area contributed by atoms with E-state index in [4.69, 9.17) is 11.6 Å². The van der Waals surface area contributed by atoms with E-state index in [9.17, 15) is 14.9 Å². The number of amides is 1. The fourth-order valence-electron chi connectivity index (χ4n) is 2.41. The number of non-ortho nitro benzene ring substituents is 1. The highest BCUT2D eigenvalue weighted by atomic mass is 35.5. The van der Waals surface area contributed by atoms with Crippen LogP contribution in [-0.2, 0) is 0 Å². The van der Waals surface area contributed by atoms with Gasteiger partial charge in [-0.3, -0.25) is 14.9 Å². The highest BCUT2D eigenvalue weighted by molar-refractivity contribution is 6.33. The minimum atomic E-state index is -0.527. The van der Waals surface area contributed by atoms with Crippen molar-refractivity contribution in [3.05, 3.63) is 99.1 Å². The van der Waals surface area contributed by atoms with Crippen LogP contribution in [0.2, 0.25) is 5.02 Å². The molecule has 7 heteroatoms. The van der Waals surface area contributed by atoms with E-state index in [1.807, 2.05) is 42.5 Å². The number of nitro groups is 1. The third-order valence-corrected chi connectivity index (χ3v) is 4.16. The molecule has 0 bridgehead atoms. The number of nitrogens with zero attached hydrogens (tertiary/aromatic N) is 2. The number of carbonyl (C=O) groups is 1. The highest BCUT2D eigenvalue weighted by Crippen LogP contribution is 2.21. The van der Waals surface area contributed by atoms with Crippen LogP contribution in [0.3, 0.4) is 0 Å². The number of benzene rings is 3. The van der Waals surface area contributed by atoms with Gasteiger partial charge >= 0.3 is 0 Å². The molecule has 3 aromatic rings. The fourth-order valence-corrected chi connectivity index (χ4v) is 2.58. The summed E-state index contributed by atoms with van der Waals surface area (Å²) in [6.07, 6.45) is 1.27. The van der Waals surface area contributed by atoms with E-state index in [0.29, 0.717) is 16.1 Å². The molecule has 0 saturated carbocycles. The average molecular weight is 380 g/mol. The second kappa shape index (κ2) is 8.25. The highest BCUT2D eigenvalue weighted by Gasteiger charge is 2.09. The lowest BCUT2D eigenvalue weighted by Gasteiger charge is -2.04. The van der Waals surface area contributed by atoms with Crippen LogP contribution in [0, 0.1) is 10.1 Å². The van der Waals surface area contributed by atoms with Gasteiger partial charge in [0.25, 0.3) is 11.6 Å². The first kappa shape index (κ1) is 18.3. The summed E-state index contributed by atoms with van der Waals surface area (Å²) in [5.41, 5.74) is 5.11. The summed E-state index contributed by atoms with van der Waals surface area (Å²) >= 11 is 5.98. The predicted molar refractivity (Wildman–Crippen MR) is 105 cm³/mol. The van der Waals surface area contributed by atoms with Crippen molar-refractivity contribution in [2.24, 2.45) is 5.10 Å². The van der Waals surface area contributed by atoms with Gasteiger partial charge in [0.2, 0.25) is 0 Å². The summed E-state index contributed by atoms with van der Waals surface area (Å²) in [4.78, 5) is 22.5. The van der Waals surface area contributed by atoms with E-state index in [1.54, 1.807) is 12.1 Å². The van der Waals surface area contributed by atoms with Crippen LogP contribution >= 0.6 is 11.6 Å². The SMILES string of the molecule is O=C(NN=Cc1cc([N+](=O)[O-])ccc1Cl)c1ccc(-c2ccccc2)cc1. The molecule has 0 spiro atoms. The lowest BCUT2D eigenvalue weighted by molar-refractivity contribution is -0.384. The third kappa shape index (κ3) is 4.56. The Labute approximate surface area is 160 Å². The Kier molecular flexibility index (Phi) is 5.58. The summed E-state index contributed by atoms with van der Waals surface area (Å²) in [5, 5.41) is 14.9. The van der Waals surface area contributed by atoms with Gasteiger partial charge in [-0.05, 0) is 29.3 Å². The van der Waals surface area contributed by atoms with E-state index >= 15 is 0 Å². The van der Waals surface area contributed by atoms with E-state index in [2.05, 4.69) is 10.5 Å². The van der Waals surface area contributed by atoms with Gasteiger partial charge in [0, 0.05) is 28.3 Å². The fraction of sp³-hybridized carbons (Fsp3) is 0. The van der Waals surface area contributed by atoms with E-state index in [0.717, 1.165) is 11.1 Å². The maximum Gasteiger partial charge on any atom is 0.271 e. The summed E-state index contributed by atoms with van der Waals surface area (Å²) in [5.74, 6) is -0.396. The minimum Gasteiger partial charge on any atom is -0.267 e. The van der Waals surface area contributed by atoms with Crippen molar-refractivity contribution in [1.82, 2.24) is 5.43 Å². The summed E-state index contributed by atoms with van der Waals surface area (Å²) in [6.45, 7) is 0. The molecule has 3 aromatic carbocycles. The summed E-state index contributed by atoms with van der Waals surface area (Å²) < 4.78 is 0. The number of nitro benzene ring substituents is 1. The van der Waals surface area contributed by atoms with Gasteiger partial charge in [0.1, 0.15) is 0 Å². The molecule has 27 heavy (non-hydrogen) atoms. The number of rotatable bonds is 5. The molecule has 0 aromatic heterocycles. The average Bonchev–Trinajstić information content (AvgIpc) is 2.70. The summed E-state index contributed by atoms with van der Waals surface area (Å²) in [7, 11) is 0. The zero-order chi connectivity index (χ0) is 19.2. The van der Waals surface area contributed by atoms with Gasteiger partial charge in [-0.25, -0.2) is 5.43 Å². The first-order valence-corrected chi connectivity index (χ1v) is 8.35. The van der Waals surface area contributed by atoms with Crippen LogP contribution in [0.1, 0.15) is 15.9 Å². The van der Waals surface area contributed by atoms with Crippen LogP contribution in [0.25, 0.3) is 11.1 Å². The third-order valence-electron chi connectivity index (χ3n) is 3.81. The molecule has 1 amide bonds. The topological polar surface area (TPSA) is 84.6 Å². The monoisotopic (exact) mass is 379 g/mol. The number of nitrogens with one attached hydrogen (secondary N) is 1. The van der Waals surface area contributed by atoms with E-state index in [-0.39, 0.29) is 5.69 Å². The van der Waals surface area contributed by atoms with Gasteiger partial charge in [-0.15, -0.1) is 0 Å². The lowest BCUT2D eigenvalue weighted by Crippen LogP contribution is -2.17. The zero-order valence-corrected chi connectivity index (χ0v) is 14.8. The second-order valence-corrected chi connectivity index (χ2v) is 6.01. The Morgan fingerprint density at radius 2 is 1.67 bits per heavy atom. The first-order chi connectivity index (χ1) is 13.0. The van der Waals surface area contributed by atoms with Crippen molar-refractivity contribution in [1.29, 1.82) is 0 Å². The van der Waals surface area contributed by atoms with Crippen molar-refractivity contribution in [3.8, 4) is 11.1 Å². The summed E-state index contributed by atoms with van der Waals surface area (Å²) in [6, 6.07) is 20.9. The first-order valence-electron chi connectivity index (χ1n) is 7.97. The predicted octanol–water partition coefficient (Wildman–Crippen LogP) is 4.68. The standard InChI is InChI=1S/C20H14ClN3O3/c21-19-11-10-18(24(26)27)12-17(19)13-22-23-20(25)16-8-6-15(7-9-16)14-4-2-1-3-5-14/h1-13H,(H,23,25). The molecule has 134 valence electrons. The molecule has 3 rings (SSSR count). The van der Waals surface area contributed by atoms with Crippen molar-refractivity contribution in [2.45, 2.75) is 0 Å². The molecule has 0 heterocycles. The largest absolute Gasteiger partial charge is 0.271 e. The minimum absolute atomic E-state index is 0.108. The molecule has 0 aliphatic rings. The molecule has 0 atom stereocenters. The van der Waals surface area contributed by atoms with Crippen molar-refractivity contribution < 1.29 is 9.72 Å². The van der Waals surface area contributed by atoms with Crippen molar-refractivity contribution in [3.63, 3.8) is 0 Å². The Hall–Kier alpha value is -3.51. The Bertz CT molecular complexity index is 1000. The van der Waals surface area contributed by atoms with Gasteiger partial charge < -0.3 is 0 Å². The number of hydrogen-bond donors (Lipinski definition) is 1. The van der Waals surface area contributed by atoms with Gasteiger partial charge in [0.05, 0.1) is 11.1 Å². The maximum absolute atomic E-state index is 12.2. The smallest absolute Gasteiger partial charge is 0.267 e. The van der Waals surface area contributed by atoms with Crippen LogP contribution in [0.5, 0.6) is 0 Å². The molecular formula is C20H14ClN3O3. The van der Waals surface area contributed by atoms with E-state index in [1.165, 1.54) is 24.4 Å². The molecule has 0 unspecified atom stereocenters. The molecule has 6 nitrogen and oxygen atoms in total. The molecule has 0 radical (unpaired) electrons. The van der Waals surface area contributed by atoms with Crippen LogP contribution in [0.15, 0.2) is 77.9 Å². The van der Waals surface area contributed by atoms with Crippen LogP contribution < -0.4 is 5.43 Å². The second-order valence-electron chi connectivity index (χ2n) is 5.61. The molecular weight excluding hydrogens is 366 g/mol. The van der Waals surface area contributed by atoms with Crippen molar-refractivity contribution >= 4 is 29.4 Å². The number of halogens is 1. The lowest BCUT2D eigenvalue weighted by atomic mass is 10.0. The van der Waals surface area contributed by atoms with Gasteiger partial charge in [-0.2, -0.15) is 5.10 Å². The number of hydrazone groups is 1. The Morgan fingerprint density at radius 1 is 1.00 bits per heavy atom. The Balaban J connectivity index is 1.68. The molecule has 0 aliphatic heterocycles. The van der Waals surface area contributed by atoms with Gasteiger partial charge in [-0.1, -0.05) is 54.1 Å². The molecule has 0 saturated heterocycles. The van der Waals surface area contributed by atoms with Crippen LogP contribution in [-0.4, -0.2) is 17.0 Å². The number of hydrogen-bond acceptors (Lipinski definition) is 4. The van der Waals surface area contributed by atoms with Crippen molar-refractivity contribution in [2.75, 3.05) is 0 Å². The van der Waals surface area contributed by atoms with Crippen LogP contribution in [0.4, 0.5) is 5.69 Å². The van der Waals surface area contributed by atoms with E-state index < -0.39 is 10.8 Å². The maximum atomic E-state index is 12.2. The van der Waals surface area contributed by atoms with Gasteiger partial charge in [0.15, 0.2) is 0 Å². The zero-order valence-electron chi connectivity index (χ0n) is 14.0.